The molecule has 0 amide bonds. The Labute approximate surface area is 123 Å². The minimum Gasteiger partial charge on any atom is -0.299 e. The highest BCUT2D eigenvalue weighted by molar-refractivity contribution is 4.67. The van der Waals surface area contributed by atoms with Crippen molar-refractivity contribution >= 4 is 0 Å². The highest BCUT2D eigenvalue weighted by Gasteiger charge is 2.11. The molecule has 0 saturated carbocycles. The minimum atomic E-state index is 0.693. The average molecular weight is 270 g/mol. The Morgan fingerprint density at radius 3 is 1.32 bits per heavy atom. The highest BCUT2D eigenvalue weighted by atomic mass is 15.2. The molecule has 0 aliphatic carbocycles. The van der Waals surface area contributed by atoms with Crippen molar-refractivity contribution in [2.45, 2.75) is 111 Å². The minimum absolute atomic E-state index is 0.693. The predicted octanol–water partition coefficient (Wildman–Crippen LogP) is 6.03. The molecule has 0 aliphatic heterocycles. The zero-order chi connectivity index (χ0) is 14.5. The number of rotatable bonds is 13. The van der Waals surface area contributed by atoms with Crippen LogP contribution in [-0.4, -0.2) is 23.5 Å². The molecule has 0 aromatic heterocycles. The molecule has 116 valence electrons. The molecule has 19 heavy (non-hydrogen) atoms. The van der Waals surface area contributed by atoms with Crippen molar-refractivity contribution in [2.24, 2.45) is 0 Å². The molecule has 0 aromatic carbocycles. The van der Waals surface area contributed by atoms with Crippen molar-refractivity contribution in [1.29, 1.82) is 0 Å². The van der Waals surface area contributed by atoms with Gasteiger partial charge in [-0.15, -0.1) is 0 Å². The van der Waals surface area contributed by atoms with Gasteiger partial charge in [0.15, 0.2) is 0 Å². The van der Waals surface area contributed by atoms with Crippen LogP contribution in [0.1, 0.15) is 98.8 Å². The molecular formula is C18H39N. The van der Waals surface area contributed by atoms with E-state index in [-0.39, 0.29) is 0 Å². The molecule has 0 spiro atoms. The predicted molar refractivity (Wildman–Crippen MR) is 88.8 cm³/mol. The topological polar surface area (TPSA) is 3.24 Å². The van der Waals surface area contributed by atoms with Gasteiger partial charge in [0, 0.05) is 12.1 Å². The van der Waals surface area contributed by atoms with E-state index in [0.717, 1.165) is 0 Å². The van der Waals surface area contributed by atoms with E-state index in [1.54, 1.807) is 0 Å². The molecule has 0 radical (unpaired) electrons. The molecule has 1 heteroatoms. The summed E-state index contributed by atoms with van der Waals surface area (Å²) >= 11 is 0. The van der Waals surface area contributed by atoms with Crippen molar-refractivity contribution in [1.82, 2.24) is 4.90 Å². The van der Waals surface area contributed by atoms with Crippen LogP contribution in [0.4, 0.5) is 0 Å². The van der Waals surface area contributed by atoms with E-state index in [1.165, 1.54) is 70.8 Å². The van der Waals surface area contributed by atoms with Gasteiger partial charge in [0.2, 0.25) is 0 Å². The molecule has 0 unspecified atom stereocenters. The lowest BCUT2D eigenvalue weighted by molar-refractivity contribution is 0.171. The van der Waals surface area contributed by atoms with Gasteiger partial charge in [0.05, 0.1) is 0 Å². The Balaban J connectivity index is 3.30. The van der Waals surface area contributed by atoms with Crippen LogP contribution in [0, 0.1) is 0 Å². The van der Waals surface area contributed by atoms with Crippen LogP contribution in [-0.2, 0) is 0 Å². The molecule has 0 heterocycles. The molecule has 0 N–H and O–H groups in total. The number of nitrogens with zero attached hydrogens (tertiary/aromatic N) is 1. The van der Waals surface area contributed by atoms with Crippen molar-refractivity contribution in [3.05, 3.63) is 0 Å². The van der Waals surface area contributed by atoms with Gasteiger partial charge in [0.1, 0.15) is 0 Å². The molecule has 0 aromatic rings. The van der Waals surface area contributed by atoms with Gasteiger partial charge in [-0.3, -0.25) is 4.90 Å². The normalized spacial score (nSPS) is 12.0. The second kappa shape index (κ2) is 13.0. The first-order chi connectivity index (χ1) is 9.09. The largest absolute Gasteiger partial charge is 0.299 e. The summed E-state index contributed by atoms with van der Waals surface area (Å²) in [6, 6.07) is 1.39. The van der Waals surface area contributed by atoms with Crippen molar-refractivity contribution in [3.63, 3.8) is 0 Å². The van der Waals surface area contributed by atoms with Crippen LogP contribution < -0.4 is 0 Å². The summed E-state index contributed by atoms with van der Waals surface area (Å²) in [6.07, 6.45) is 14.3. The summed E-state index contributed by atoms with van der Waals surface area (Å²) in [6.45, 7) is 12.8. The highest BCUT2D eigenvalue weighted by Crippen LogP contribution is 2.12. The lowest BCUT2D eigenvalue weighted by atomic mass is 10.1. The Hall–Kier alpha value is -0.0400. The van der Waals surface area contributed by atoms with Crippen LogP contribution in [0.2, 0.25) is 0 Å². The van der Waals surface area contributed by atoms with Gasteiger partial charge in [-0.25, -0.2) is 0 Å². The van der Waals surface area contributed by atoms with Crippen LogP contribution in [0.15, 0.2) is 0 Å². The number of hydrogen-bond acceptors (Lipinski definition) is 1. The Morgan fingerprint density at radius 2 is 0.947 bits per heavy atom. The fourth-order valence-corrected chi connectivity index (χ4v) is 2.89. The van der Waals surface area contributed by atoms with Gasteiger partial charge >= 0.3 is 0 Å². The van der Waals surface area contributed by atoms with E-state index in [4.69, 9.17) is 0 Å². The van der Waals surface area contributed by atoms with E-state index < -0.39 is 0 Å². The Kier molecular flexibility index (Phi) is 12.9. The Morgan fingerprint density at radius 1 is 0.579 bits per heavy atom. The standard InChI is InChI=1S/C18H39N/c1-6-7-8-9-10-11-12-13-14-15-16-19(17(2)3)18(4)5/h17-18H,6-16H2,1-5H3. The van der Waals surface area contributed by atoms with E-state index in [9.17, 15) is 0 Å². The van der Waals surface area contributed by atoms with Crippen LogP contribution in [0.5, 0.6) is 0 Å². The summed E-state index contributed by atoms with van der Waals surface area (Å²) in [5, 5.41) is 0. The monoisotopic (exact) mass is 269 g/mol. The maximum absolute atomic E-state index is 2.62. The molecule has 0 aliphatic rings. The van der Waals surface area contributed by atoms with Gasteiger partial charge in [-0.05, 0) is 40.7 Å². The molecule has 0 atom stereocenters. The summed E-state index contributed by atoms with van der Waals surface area (Å²) in [4.78, 5) is 2.62. The van der Waals surface area contributed by atoms with Crippen LogP contribution in [0.3, 0.4) is 0 Å². The molecule has 0 fully saturated rings. The number of hydrogen-bond donors (Lipinski definition) is 0. The first kappa shape index (κ1) is 19.0. The third-order valence-corrected chi connectivity index (χ3v) is 4.10. The fraction of sp³-hybridized carbons (Fsp3) is 1.00. The van der Waals surface area contributed by atoms with E-state index in [0.29, 0.717) is 12.1 Å². The summed E-state index contributed by atoms with van der Waals surface area (Å²) < 4.78 is 0. The van der Waals surface area contributed by atoms with Gasteiger partial charge in [-0.1, -0.05) is 64.7 Å². The third-order valence-electron chi connectivity index (χ3n) is 4.10. The zero-order valence-corrected chi connectivity index (χ0v) is 14.4. The van der Waals surface area contributed by atoms with Gasteiger partial charge < -0.3 is 0 Å². The zero-order valence-electron chi connectivity index (χ0n) is 14.4. The maximum Gasteiger partial charge on any atom is 0.00412 e. The molecule has 1 nitrogen and oxygen atoms in total. The smallest absolute Gasteiger partial charge is 0.00412 e. The quantitative estimate of drug-likeness (QED) is 0.369. The average Bonchev–Trinajstić information content (AvgIpc) is 2.35. The SMILES string of the molecule is CCCCCCCCCCCCN(C(C)C)C(C)C. The lowest BCUT2D eigenvalue weighted by Gasteiger charge is -2.30. The van der Waals surface area contributed by atoms with E-state index >= 15 is 0 Å². The summed E-state index contributed by atoms with van der Waals surface area (Å²) in [5.74, 6) is 0. The second-order valence-corrected chi connectivity index (χ2v) is 6.61. The Bertz CT molecular complexity index is 167. The van der Waals surface area contributed by atoms with Crippen molar-refractivity contribution in [2.75, 3.05) is 6.54 Å². The fourth-order valence-electron chi connectivity index (χ4n) is 2.89. The molecular weight excluding hydrogens is 230 g/mol. The summed E-state index contributed by atoms with van der Waals surface area (Å²) in [5.41, 5.74) is 0. The molecule has 0 saturated heterocycles. The molecule has 0 bridgehead atoms. The van der Waals surface area contributed by atoms with Crippen molar-refractivity contribution in [3.8, 4) is 0 Å². The third kappa shape index (κ3) is 11.5. The second-order valence-electron chi connectivity index (χ2n) is 6.61. The van der Waals surface area contributed by atoms with Crippen LogP contribution >= 0.6 is 0 Å². The number of unbranched alkanes of at least 4 members (excludes halogenated alkanes) is 9. The van der Waals surface area contributed by atoms with E-state index in [1.807, 2.05) is 0 Å². The first-order valence-corrected chi connectivity index (χ1v) is 8.85. The summed E-state index contributed by atoms with van der Waals surface area (Å²) in [7, 11) is 0. The van der Waals surface area contributed by atoms with Crippen molar-refractivity contribution < 1.29 is 0 Å². The lowest BCUT2D eigenvalue weighted by Crippen LogP contribution is -2.37. The first-order valence-electron chi connectivity index (χ1n) is 8.85. The van der Waals surface area contributed by atoms with Gasteiger partial charge in [0.25, 0.3) is 0 Å². The maximum atomic E-state index is 2.62. The van der Waals surface area contributed by atoms with Crippen LogP contribution in [0.25, 0.3) is 0 Å². The van der Waals surface area contributed by atoms with E-state index in [2.05, 4.69) is 39.5 Å². The molecule has 0 rings (SSSR count). The van der Waals surface area contributed by atoms with Gasteiger partial charge in [-0.2, -0.15) is 0 Å².